The fraction of sp³-hybridized carbons (Fsp3) is 0.212. The third kappa shape index (κ3) is 8.39. The number of carbonyl (C=O) groups is 2. The lowest BCUT2D eigenvalue weighted by atomic mass is 10.0. The first-order valence-corrected chi connectivity index (χ1v) is 16.2. The van der Waals surface area contributed by atoms with Gasteiger partial charge in [0, 0.05) is 25.0 Å². The molecule has 0 saturated carbocycles. The summed E-state index contributed by atoms with van der Waals surface area (Å²) < 4.78 is 70.3. The predicted molar refractivity (Wildman–Crippen MR) is 172 cm³/mol. The van der Waals surface area contributed by atoms with Gasteiger partial charge in [-0.05, 0) is 60.5 Å². The number of aryl methyl sites for hydroxylation is 1. The summed E-state index contributed by atoms with van der Waals surface area (Å²) >= 11 is 12.0. The van der Waals surface area contributed by atoms with E-state index in [1.807, 2.05) is 0 Å². The van der Waals surface area contributed by atoms with E-state index in [1.165, 1.54) is 36.2 Å². The quantitative estimate of drug-likeness (QED) is 0.185. The average Bonchev–Trinajstić information content (AvgIpc) is 3.01. The summed E-state index contributed by atoms with van der Waals surface area (Å²) in [5.74, 6) is -1.37. The van der Waals surface area contributed by atoms with E-state index in [0.29, 0.717) is 21.0 Å². The number of nitrogens with zero attached hydrogens (tertiary/aromatic N) is 2. The minimum atomic E-state index is -4.91. The Morgan fingerprint density at radius 2 is 1.52 bits per heavy atom. The molecule has 1 N–H and O–H groups in total. The van der Waals surface area contributed by atoms with Crippen LogP contribution in [0.15, 0.2) is 102 Å². The van der Waals surface area contributed by atoms with Gasteiger partial charge in [-0.1, -0.05) is 83.4 Å². The standard InChI is InChI=1S/C33H30Cl2F3N3O4S/c1-22-11-14-27(15-12-22)46(44,45)41(26-13-16-29(35)28(19-26)33(36,37)38)21-31(42)40(20-24-9-6-10-25(34)17-24)30(32(43)39-2)18-23-7-4-3-5-8-23/h3-17,19,30H,18,20-21H2,1-2H3,(H,39,43)/t30-/m0/s1. The van der Waals surface area contributed by atoms with Gasteiger partial charge >= 0.3 is 6.18 Å². The van der Waals surface area contributed by atoms with Gasteiger partial charge in [0.1, 0.15) is 12.6 Å². The second kappa shape index (κ2) is 14.6. The first-order chi connectivity index (χ1) is 21.7. The highest BCUT2D eigenvalue weighted by Gasteiger charge is 2.37. The van der Waals surface area contributed by atoms with Crippen molar-refractivity contribution in [3.8, 4) is 0 Å². The van der Waals surface area contributed by atoms with Gasteiger partial charge in [-0.2, -0.15) is 13.2 Å². The minimum Gasteiger partial charge on any atom is -0.357 e. The average molecular weight is 693 g/mol. The van der Waals surface area contributed by atoms with Crippen LogP contribution < -0.4 is 9.62 Å². The van der Waals surface area contributed by atoms with Crippen molar-refractivity contribution in [2.24, 2.45) is 0 Å². The highest BCUT2D eigenvalue weighted by Crippen LogP contribution is 2.38. The molecule has 4 aromatic carbocycles. The highest BCUT2D eigenvalue weighted by molar-refractivity contribution is 7.92. The smallest absolute Gasteiger partial charge is 0.357 e. The summed E-state index contributed by atoms with van der Waals surface area (Å²) in [5, 5.41) is 2.29. The molecule has 0 radical (unpaired) electrons. The van der Waals surface area contributed by atoms with E-state index >= 15 is 0 Å². The van der Waals surface area contributed by atoms with Crippen LogP contribution in [0.25, 0.3) is 0 Å². The Hall–Kier alpha value is -4.06. The zero-order chi connectivity index (χ0) is 33.6. The Labute approximate surface area is 275 Å². The van der Waals surface area contributed by atoms with Gasteiger partial charge in [0.25, 0.3) is 10.0 Å². The summed E-state index contributed by atoms with van der Waals surface area (Å²) in [6, 6.07) is 22.6. The Balaban J connectivity index is 1.85. The lowest BCUT2D eigenvalue weighted by Crippen LogP contribution is -2.53. The maximum absolute atomic E-state index is 14.3. The van der Waals surface area contributed by atoms with Crippen LogP contribution in [0.3, 0.4) is 0 Å². The van der Waals surface area contributed by atoms with E-state index in [9.17, 15) is 31.2 Å². The van der Waals surface area contributed by atoms with Crippen molar-refractivity contribution in [1.82, 2.24) is 10.2 Å². The normalized spacial score (nSPS) is 12.3. The molecule has 1 atom stereocenters. The lowest BCUT2D eigenvalue weighted by molar-refractivity contribution is -0.139. The number of hydrogen-bond donors (Lipinski definition) is 1. The van der Waals surface area contributed by atoms with E-state index in [-0.39, 0.29) is 17.9 Å². The van der Waals surface area contributed by atoms with Crippen molar-refractivity contribution in [3.63, 3.8) is 0 Å². The largest absolute Gasteiger partial charge is 0.417 e. The third-order valence-electron chi connectivity index (χ3n) is 7.19. The van der Waals surface area contributed by atoms with Crippen LogP contribution in [0, 0.1) is 6.92 Å². The molecule has 0 aliphatic heterocycles. The Morgan fingerprint density at radius 3 is 2.13 bits per heavy atom. The van der Waals surface area contributed by atoms with E-state index in [0.717, 1.165) is 23.3 Å². The summed E-state index contributed by atoms with van der Waals surface area (Å²) in [6.45, 7) is 0.654. The molecule has 0 bridgehead atoms. The molecular weight excluding hydrogens is 662 g/mol. The van der Waals surface area contributed by atoms with Crippen molar-refractivity contribution in [3.05, 3.63) is 129 Å². The molecule has 0 unspecified atom stereocenters. The van der Waals surface area contributed by atoms with Gasteiger partial charge in [0.2, 0.25) is 11.8 Å². The molecule has 7 nitrogen and oxygen atoms in total. The van der Waals surface area contributed by atoms with Gasteiger partial charge in [-0.25, -0.2) is 8.42 Å². The molecule has 4 aromatic rings. The molecule has 0 aliphatic rings. The van der Waals surface area contributed by atoms with Crippen molar-refractivity contribution in [2.75, 3.05) is 17.9 Å². The minimum absolute atomic E-state index is 0.0662. The molecule has 0 fully saturated rings. The summed E-state index contributed by atoms with van der Waals surface area (Å²) in [7, 11) is -3.21. The zero-order valence-corrected chi connectivity index (χ0v) is 27.1. The number of carbonyl (C=O) groups excluding carboxylic acids is 2. The van der Waals surface area contributed by atoms with Crippen LogP contribution in [0.4, 0.5) is 18.9 Å². The van der Waals surface area contributed by atoms with E-state index in [2.05, 4.69) is 5.32 Å². The summed E-state index contributed by atoms with van der Waals surface area (Å²) in [5.41, 5.74) is 0.298. The predicted octanol–water partition coefficient (Wildman–Crippen LogP) is 6.90. The Bertz CT molecular complexity index is 1810. The van der Waals surface area contributed by atoms with Crippen LogP contribution >= 0.6 is 23.2 Å². The third-order valence-corrected chi connectivity index (χ3v) is 9.54. The fourth-order valence-corrected chi connectivity index (χ4v) is 6.65. The van der Waals surface area contributed by atoms with Gasteiger partial charge < -0.3 is 10.2 Å². The number of nitrogens with one attached hydrogen (secondary N) is 1. The number of benzene rings is 4. The first kappa shape index (κ1) is 34.8. The van der Waals surface area contributed by atoms with E-state index < -0.39 is 56.9 Å². The van der Waals surface area contributed by atoms with Gasteiger partial charge in [-0.3, -0.25) is 13.9 Å². The first-order valence-electron chi connectivity index (χ1n) is 14.0. The molecule has 4 rings (SSSR count). The number of anilines is 1. The van der Waals surface area contributed by atoms with Crippen LogP contribution in [0.5, 0.6) is 0 Å². The molecule has 242 valence electrons. The Kier molecular flexibility index (Phi) is 11.0. The maximum Gasteiger partial charge on any atom is 0.417 e. The SMILES string of the molecule is CNC(=O)[C@H](Cc1ccccc1)N(Cc1cccc(Cl)c1)C(=O)CN(c1ccc(Cl)c(C(F)(F)F)c1)S(=O)(=O)c1ccc(C)cc1. The van der Waals surface area contributed by atoms with E-state index in [1.54, 1.807) is 61.5 Å². The maximum atomic E-state index is 14.3. The molecule has 2 amide bonds. The van der Waals surface area contributed by atoms with Crippen molar-refractivity contribution >= 4 is 50.7 Å². The van der Waals surface area contributed by atoms with Gasteiger partial charge in [-0.15, -0.1) is 0 Å². The van der Waals surface area contributed by atoms with E-state index in [4.69, 9.17) is 23.2 Å². The van der Waals surface area contributed by atoms with Crippen molar-refractivity contribution in [2.45, 2.75) is 37.0 Å². The second-order valence-electron chi connectivity index (χ2n) is 10.5. The number of alkyl halides is 3. The number of amides is 2. The number of likely N-dealkylation sites (N-methyl/N-ethyl adjacent to an activating group) is 1. The monoisotopic (exact) mass is 691 g/mol. The highest BCUT2D eigenvalue weighted by atomic mass is 35.5. The van der Waals surface area contributed by atoms with Crippen molar-refractivity contribution < 1.29 is 31.2 Å². The van der Waals surface area contributed by atoms with Crippen molar-refractivity contribution in [1.29, 1.82) is 0 Å². The Morgan fingerprint density at radius 1 is 0.870 bits per heavy atom. The second-order valence-corrected chi connectivity index (χ2v) is 13.2. The molecule has 0 saturated heterocycles. The summed E-state index contributed by atoms with van der Waals surface area (Å²) in [6.07, 6.45) is -4.84. The topological polar surface area (TPSA) is 86.8 Å². The zero-order valence-electron chi connectivity index (χ0n) is 24.8. The van der Waals surface area contributed by atoms with Crippen LogP contribution in [-0.4, -0.2) is 44.8 Å². The number of rotatable bonds is 11. The number of sulfonamides is 1. The summed E-state index contributed by atoms with van der Waals surface area (Å²) in [4.78, 5) is 28.6. The fourth-order valence-electron chi connectivity index (χ4n) is 4.80. The molecule has 0 aromatic heterocycles. The number of halogens is 5. The van der Waals surface area contributed by atoms with Crippen LogP contribution in [0.2, 0.25) is 10.0 Å². The molecule has 0 aliphatic carbocycles. The van der Waals surface area contributed by atoms with Gasteiger partial charge in [0.15, 0.2) is 0 Å². The lowest BCUT2D eigenvalue weighted by Gasteiger charge is -2.33. The molecule has 0 spiro atoms. The molecule has 46 heavy (non-hydrogen) atoms. The van der Waals surface area contributed by atoms with Gasteiger partial charge in [0.05, 0.1) is 21.2 Å². The number of hydrogen-bond acceptors (Lipinski definition) is 4. The molecule has 0 heterocycles. The molecule has 13 heteroatoms. The van der Waals surface area contributed by atoms with Crippen LogP contribution in [-0.2, 0) is 38.8 Å². The molecular formula is C33H30Cl2F3N3O4S. The van der Waals surface area contributed by atoms with Crippen LogP contribution in [0.1, 0.15) is 22.3 Å².